The van der Waals surface area contributed by atoms with Gasteiger partial charge in [0.15, 0.2) is 0 Å². The Morgan fingerprint density at radius 1 is 1.36 bits per heavy atom. The molecule has 7 nitrogen and oxygen atoms in total. The Hall–Kier alpha value is -1.89. The molecule has 0 aromatic carbocycles. The van der Waals surface area contributed by atoms with E-state index in [4.69, 9.17) is 4.74 Å². The Morgan fingerprint density at radius 3 is 2.76 bits per heavy atom. The second-order valence-corrected chi connectivity index (χ2v) is 6.72. The summed E-state index contributed by atoms with van der Waals surface area (Å²) < 4.78 is 7.69. The standard InChI is InChI=1S/C18H30N4O3/c1-5-12(3)20-17(23)13(4)21-18(24)15-8-7-9-25-16(15)14-10-19-22(6-2)11-14/h10-13,15-16H,5-9H2,1-4H3,(H,20,23)(H,21,24)/t12?,13?,15-,16+/m1/s1. The Morgan fingerprint density at radius 2 is 2.12 bits per heavy atom. The fourth-order valence-electron chi connectivity index (χ4n) is 2.93. The summed E-state index contributed by atoms with van der Waals surface area (Å²) in [6, 6.07) is -0.472. The molecule has 1 fully saturated rings. The van der Waals surface area contributed by atoms with E-state index < -0.39 is 6.04 Å². The van der Waals surface area contributed by atoms with Crippen molar-refractivity contribution in [2.75, 3.05) is 6.61 Å². The predicted molar refractivity (Wildman–Crippen MR) is 94.8 cm³/mol. The third kappa shape index (κ3) is 5.04. The van der Waals surface area contributed by atoms with Crippen LogP contribution in [0.1, 0.15) is 58.6 Å². The molecular weight excluding hydrogens is 320 g/mol. The van der Waals surface area contributed by atoms with Gasteiger partial charge < -0.3 is 15.4 Å². The minimum Gasteiger partial charge on any atom is -0.373 e. The second-order valence-electron chi connectivity index (χ2n) is 6.72. The molecule has 1 saturated heterocycles. The maximum atomic E-state index is 12.7. The van der Waals surface area contributed by atoms with Crippen molar-refractivity contribution in [1.29, 1.82) is 0 Å². The van der Waals surface area contributed by atoms with Crippen LogP contribution in [0.4, 0.5) is 0 Å². The lowest BCUT2D eigenvalue weighted by Crippen LogP contribution is -2.50. The van der Waals surface area contributed by atoms with Crippen molar-refractivity contribution in [3.8, 4) is 0 Å². The topological polar surface area (TPSA) is 85.2 Å². The van der Waals surface area contributed by atoms with Crippen molar-refractivity contribution in [3.63, 3.8) is 0 Å². The van der Waals surface area contributed by atoms with Crippen LogP contribution in [-0.2, 0) is 20.9 Å². The van der Waals surface area contributed by atoms with Crippen molar-refractivity contribution in [1.82, 2.24) is 20.4 Å². The van der Waals surface area contributed by atoms with Crippen LogP contribution >= 0.6 is 0 Å². The van der Waals surface area contributed by atoms with E-state index >= 15 is 0 Å². The molecule has 2 unspecified atom stereocenters. The highest BCUT2D eigenvalue weighted by Crippen LogP contribution is 2.33. The van der Waals surface area contributed by atoms with E-state index in [-0.39, 0.29) is 29.9 Å². The quantitative estimate of drug-likeness (QED) is 0.785. The SMILES string of the molecule is CCC(C)NC(=O)C(C)NC(=O)[C@@H]1CCCO[C@H]1c1cnn(CC)c1. The van der Waals surface area contributed by atoms with Gasteiger partial charge in [-0.3, -0.25) is 14.3 Å². The highest BCUT2D eigenvalue weighted by atomic mass is 16.5. The van der Waals surface area contributed by atoms with Crippen molar-refractivity contribution < 1.29 is 14.3 Å². The molecule has 140 valence electrons. The van der Waals surface area contributed by atoms with E-state index in [0.717, 1.165) is 31.4 Å². The van der Waals surface area contributed by atoms with Gasteiger partial charge in [0, 0.05) is 31.0 Å². The van der Waals surface area contributed by atoms with Gasteiger partial charge in [0.1, 0.15) is 6.04 Å². The van der Waals surface area contributed by atoms with Gasteiger partial charge in [-0.15, -0.1) is 0 Å². The highest BCUT2D eigenvalue weighted by molar-refractivity contribution is 5.88. The number of carbonyl (C=O) groups is 2. The number of ether oxygens (including phenoxy) is 1. The zero-order valence-corrected chi connectivity index (χ0v) is 15.6. The highest BCUT2D eigenvalue weighted by Gasteiger charge is 2.35. The molecule has 4 atom stereocenters. The number of carbonyl (C=O) groups excluding carboxylic acids is 2. The fourth-order valence-corrected chi connectivity index (χ4v) is 2.93. The lowest BCUT2D eigenvalue weighted by atomic mass is 9.90. The molecule has 1 aliphatic heterocycles. The smallest absolute Gasteiger partial charge is 0.242 e. The van der Waals surface area contributed by atoms with Crippen LogP contribution in [0.25, 0.3) is 0 Å². The molecule has 0 spiro atoms. The summed E-state index contributed by atoms with van der Waals surface area (Å²) in [6.45, 7) is 9.09. The maximum absolute atomic E-state index is 12.7. The third-order valence-corrected chi connectivity index (χ3v) is 4.72. The maximum Gasteiger partial charge on any atom is 0.242 e. The lowest BCUT2D eigenvalue weighted by molar-refractivity contribution is -0.138. The largest absolute Gasteiger partial charge is 0.373 e. The van der Waals surface area contributed by atoms with E-state index in [1.54, 1.807) is 13.1 Å². The van der Waals surface area contributed by atoms with E-state index in [2.05, 4.69) is 15.7 Å². The fraction of sp³-hybridized carbons (Fsp3) is 0.722. The number of amides is 2. The number of aryl methyl sites for hydroxylation is 1. The molecule has 2 N–H and O–H groups in total. The molecule has 2 heterocycles. The zero-order valence-electron chi connectivity index (χ0n) is 15.6. The molecule has 1 aromatic rings. The van der Waals surface area contributed by atoms with Crippen LogP contribution < -0.4 is 10.6 Å². The first-order valence-corrected chi connectivity index (χ1v) is 9.20. The number of hydrogen-bond donors (Lipinski definition) is 2. The average Bonchev–Trinajstić information content (AvgIpc) is 3.10. The van der Waals surface area contributed by atoms with Crippen LogP contribution in [-0.4, -0.2) is 40.3 Å². The molecule has 0 aliphatic carbocycles. The second kappa shape index (κ2) is 8.99. The van der Waals surface area contributed by atoms with Gasteiger partial charge >= 0.3 is 0 Å². The molecule has 2 rings (SSSR count). The molecule has 2 amide bonds. The Bertz CT molecular complexity index is 587. The van der Waals surface area contributed by atoms with Crippen LogP contribution in [0.2, 0.25) is 0 Å². The van der Waals surface area contributed by atoms with Crippen LogP contribution in [0, 0.1) is 5.92 Å². The lowest BCUT2D eigenvalue weighted by Gasteiger charge is -2.31. The molecular formula is C18H30N4O3. The summed E-state index contributed by atoms with van der Waals surface area (Å²) in [5.74, 6) is -0.599. The summed E-state index contributed by atoms with van der Waals surface area (Å²) >= 11 is 0. The summed E-state index contributed by atoms with van der Waals surface area (Å²) in [5, 5.41) is 10.0. The number of aromatic nitrogens is 2. The normalized spacial score (nSPS) is 22.9. The molecule has 7 heteroatoms. The van der Waals surface area contributed by atoms with Crippen LogP contribution in [0.15, 0.2) is 12.4 Å². The van der Waals surface area contributed by atoms with Crippen LogP contribution in [0.5, 0.6) is 0 Å². The first-order valence-electron chi connectivity index (χ1n) is 9.20. The summed E-state index contributed by atoms with van der Waals surface area (Å²) in [4.78, 5) is 24.9. The minimum absolute atomic E-state index is 0.0949. The summed E-state index contributed by atoms with van der Waals surface area (Å²) in [7, 11) is 0. The Balaban J connectivity index is 2.01. The molecule has 0 bridgehead atoms. The van der Waals surface area contributed by atoms with Gasteiger partial charge in [0.25, 0.3) is 0 Å². The molecule has 25 heavy (non-hydrogen) atoms. The number of rotatable bonds is 7. The van der Waals surface area contributed by atoms with E-state index in [9.17, 15) is 9.59 Å². The Labute approximate surface area is 149 Å². The van der Waals surface area contributed by atoms with Gasteiger partial charge in [-0.05, 0) is 40.0 Å². The van der Waals surface area contributed by atoms with E-state index in [0.29, 0.717) is 6.61 Å². The summed E-state index contributed by atoms with van der Waals surface area (Å²) in [5.41, 5.74) is 0.915. The van der Waals surface area contributed by atoms with Crippen molar-refractivity contribution in [3.05, 3.63) is 18.0 Å². The molecule has 1 aliphatic rings. The summed E-state index contributed by atoms with van der Waals surface area (Å²) in [6.07, 6.45) is 5.82. The van der Waals surface area contributed by atoms with Gasteiger partial charge in [0.05, 0.1) is 18.2 Å². The minimum atomic E-state index is -0.567. The van der Waals surface area contributed by atoms with Crippen molar-refractivity contribution >= 4 is 11.8 Å². The van der Waals surface area contributed by atoms with Gasteiger partial charge in [-0.25, -0.2) is 0 Å². The van der Waals surface area contributed by atoms with Crippen molar-refractivity contribution in [2.45, 2.75) is 71.7 Å². The van der Waals surface area contributed by atoms with Gasteiger partial charge in [-0.2, -0.15) is 5.10 Å². The third-order valence-electron chi connectivity index (χ3n) is 4.72. The first kappa shape index (κ1) is 19.4. The van der Waals surface area contributed by atoms with Gasteiger partial charge in [0.2, 0.25) is 11.8 Å². The molecule has 0 radical (unpaired) electrons. The van der Waals surface area contributed by atoms with Crippen molar-refractivity contribution in [2.24, 2.45) is 5.92 Å². The average molecular weight is 350 g/mol. The predicted octanol–water partition coefficient (Wildman–Crippen LogP) is 1.79. The molecule has 0 saturated carbocycles. The van der Waals surface area contributed by atoms with Gasteiger partial charge in [-0.1, -0.05) is 6.92 Å². The number of nitrogens with one attached hydrogen (secondary N) is 2. The first-order chi connectivity index (χ1) is 12.0. The number of hydrogen-bond acceptors (Lipinski definition) is 4. The zero-order chi connectivity index (χ0) is 18.4. The number of nitrogens with zero attached hydrogens (tertiary/aromatic N) is 2. The monoisotopic (exact) mass is 350 g/mol. The van der Waals surface area contributed by atoms with E-state index in [1.165, 1.54) is 0 Å². The van der Waals surface area contributed by atoms with Crippen LogP contribution in [0.3, 0.4) is 0 Å². The van der Waals surface area contributed by atoms with E-state index in [1.807, 2.05) is 31.6 Å². The Kier molecular flexibility index (Phi) is 6.99. The molecule has 1 aromatic heterocycles.